The molecule has 140 valence electrons. The van der Waals surface area contributed by atoms with E-state index >= 15 is 0 Å². The van der Waals surface area contributed by atoms with Crippen LogP contribution in [0.3, 0.4) is 0 Å². The van der Waals surface area contributed by atoms with E-state index in [1.165, 1.54) is 35.4 Å². The van der Waals surface area contributed by atoms with Crippen LogP contribution >= 0.6 is 34.9 Å². The number of hydrogen-bond donors (Lipinski definition) is 2. The Hall–Kier alpha value is -1.51. The van der Waals surface area contributed by atoms with Crippen LogP contribution < -0.4 is 10.6 Å². The molecule has 0 spiro atoms. The van der Waals surface area contributed by atoms with Gasteiger partial charge in [0.15, 0.2) is 10.2 Å². The van der Waals surface area contributed by atoms with Crippen molar-refractivity contribution in [2.45, 2.75) is 46.5 Å². The van der Waals surface area contributed by atoms with Crippen LogP contribution in [0.2, 0.25) is 0 Å². The van der Waals surface area contributed by atoms with Gasteiger partial charge in [0.05, 0.1) is 18.4 Å². The van der Waals surface area contributed by atoms with E-state index in [0.717, 1.165) is 39.8 Å². The number of aromatic nitrogens is 1. The number of carbonyl (C=O) groups is 1. The quantitative estimate of drug-likeness (QED) is 0.559. The Balaban J connectivity index is 1.76. The van der Waals surface area contributed by atoms with Crippen LogP contribution in [-0.2, 0) is 24.0 Å². The van der Waals surface area contributed by atoms with Gasteiger partial charge in [0.1, 0.15) is 5.00 Å². The standard InChI is InChI=1S/C18H23N3O2S3/c1-5-11-10(3)25-15(14(11)16(22)23-4)20-17(24)21-18-19-12-7-6-9(2)8-13(12)26-18/h9H,5-8H2,1-4H3,(H2,19,20,21,24). The highest BCUT2D eigenvalue weighted by Crippen LogP contribution is 2.35. The second-order valence-electron chi connectivity index (χ2n) is 6.50. The van der Waals surface area contributed by atoms with Crippen LogP contribution in [0.4, 0.5) is 10.1 Å². The Bertz CT molecular complexity index is 841. The molecule has 1 aliphatic carbocycles. The third kappa shape index (κ3) is 3.92. The van der Waals surface area contributed by atoms with Crippen molar-refractivity contribution < 1.29 is 9.53 Å². The second kappa shape index (κ2) is 8.02. The first-order chi connectivity index (χ1) is 12.4. The zero-order valence-corrected chi connectivity index (χ0v) is 17.8. The van der Waals surface area contributed by atoms with Gasteiger partial charge in [0.2, 0.25) is 0 Å². The van der Waals surface area contributed by atoms with Crippen molar-refractivity contribution in [1.29, 1.82) is 0 Å². The maximum absolute atomic E-state index is 12.2. The predicted octanol–water partition coefficient (Wildman–Crippen LogP) is 4.80. The number of rotatable bonds is 4. The fraction of sp³-hybridized carbons (Fsp3) is 0.500. The van der Waals surface area contributed by atoms with Gasteiger partial charge >= 0.3 is 5.97 Å². The maximum Gasteiger partial charge on any atom is 0.341 e. The highest BCUT2D eigenvalue weighted by atomic mass is 32.1. The number of esters is 1. The lowest BCUT2D eigenvalue weighted by molar-refractivity contribution is 0.0601. The molecule has 1 aliphatic rings. The SMILES string of the molecule is CCc1c(C)sc(NC(=S)Nc2nc3c(s2)CC(C)CC3)c1C(=O)OC. The summed E-state index contributed by atoms with van der Waals surface area (Å²) in [6, 6.07) is 0. The van der Waals surface area contributed by atoms with Crippen molar-refractivity contribution in [2.24, 2.45) is 5.92 Å². The summed E-state index contributed by atoms with van der Waals surface area (Å²) in [5, 5.41) is 8.31. The normalized spacial score (nSPS) is 16.1. The summed E-state index contributed by atoms with van der Waals surface area (Å²) in [6.45, 7) is 6.32. The summed E-state index contributed by atoms with van der Waals surface area (Å²) in [5.41, 5.74) is 2.77. The first-order valence-corrected chi connectivity index (χ1v) is 10.7. The van der Waals surface area contributed by atoms with Gasteiger partial charge in [-0.25, -0.2) is 9.78 Å². The number of carbonyl (C=O) groups excluding carboxylic acids is 1. The molecule has 26 heavy (non-hydrogen) atoms. The minimum absolute atomic E-state index is 0.338. The fourth-order valence-corrected chi connectivity index (χ4v) is 5.88. The molecule has 2 aromatic heterocycles. The number of nitrogens with zero attached hydrogens (tertiary/aromatic N) is 1. The van der Waals surface area contributed by atoms with Crippen LogP contribution in [0.5, 0.6) is 0 Å². The first-order valence-electron chi connectivity index (χ1n) is 8.70. The first kappa shape index (κ1) is 19.3. The van der Waals surface area contributed by atoms with Gasteiger partial charge < -0.3 is 15.4 Å². The van der Waals surface area contributed by atoms with Gasteiger partial charge in [0.25, 0.3) is 0 Å². The van der Waals surface area contributed by atoms with E-state index in [2.05, 4.69) is 22.5 Å². The van der Waals surface area contributed by atoms with Crippen LogP contribution in [-0.4, -0.2) is 23.2 Å². The highest BCUT2D eigenvalue weighted by Gasteiger charge is 2.23. The summed E-state index contributed by atoms with van der Waals surface area (Å²) < 4.78 is 4.95. The number of fused-ring (bicyclic) bond motifs is 1. The molecule has 0 radical (unpaired) electrons. The van der Waals surface area contributed by atoms with Gasteiger partial charge in [-0.3, -0.25) is 0 Å². The predicted molar refractivity (Wildman–Crippen MR) is 113 cm³/mol. The average Bonchev–Trinajstić information content (AvgIpc) is 3.12. The highest BCUT2D eigenvalue weighted by molar-refractivity contribution is 7.80. The van der Waals surface area contributed by atoms with Crippen molar-refractivity contribution in [3.05, 3.63) is 26.6 Å². The van der Waals surface area contributed by atoms with Gasteiger partial charge in [0, 0.05) is 9.75 Å². The topological polar surface area (TPSA) is 63.2 Å². The minimum Gasteiger partial charge on any atom is -0.465 e. The van der Waals surface area contributed by atoms with E-state index in [9.17, 15) is 4.79 Å². The number of ether oxygens (including phenoxy) is 1. The van der Waals surface area contributed by atoms with E-state index < -0.39 is 0 Å². The monoisotopic (exact) mass is 409 g/mol. The molecular formula is C18H23N3O2S3. The molecule has 2 aromatic rings. The number of thiocarbonyl (C=S) groups is 1. The van der Waals surface area contributed by atoms with Crippen molar-refractivity contribution in [3.63, 3.8) is 0 Å². The molecule has 0 saturated carbocycles. The van der Waals surface area contributed by atoms with Crippen molar-refractivity contribution >= 4 is 56.1 Å². The molecule has 2 N–H and O–H groups in total. The van der Waals surface area contributed by atoms with E-state index in [4.69, 9.17) is 17.0 Å². The van der Waals surface area contributed by atoms with Gasteiger partial charge in [-0.2, -0.15) is 0 Å². The smallest absolute Gasteiger partial charge is 0.341 e. The lowest BCUT2D eigenvalue weighted by Crippen LogP contribution is -2.20. The molecule has 1 atom stereocenters. The number of thiophene rings is 1. The van der Waals surface area contributed by atoms with E-state index in [-0.39, 0.29) is 5.97 Å². The molecule has 2 heterocycles. The van der Waals surface area contributed by atoms with Gasteiger partial charge in [-0.1, -0.05) is 13.8 Å². The molecule has 0 fully saturated rings. The van der Waals surface area contributed by atoms with Crippen molar-refractivity contribution in [1.82, 2.24) is 4.98 Å². The number of anilines is 2. The fourth-order valence-electron chi connectivity index (χ4n) is 3.24. The zero-order valence-electron chi connectivity index (χ0n) is 15.4. The molecule has 0 amide bonds. The van der Waals surface area contributed by atoms with Gasteiger partial charge in [-0.05, 0) is 56.3 Å². The van der Waals surface area contributed by atoms with E-state index in [0.29, 0.717) is 16.6 Å². The van der Waals surface area contributed by atoms with Crippen LogP contribution in [0.15, 0.2) is 0 Å². The van der Waals surface area contributed by atoms with Crippen LogP contribution in [0.1, 0.15) is 51.6 Å². The number of nitrogens with one attached hydrogen (secondary N) is 2. The second-order valence-corrected chi connectivity index (χ2v) is 9.22. The number of hydrogen-bond acceptors (Lipinski definition) is 6. The zero-order chi connectivity index (χ0) is 18.8. The Morgan fingerprint density at radius 2 is 2.15 bits per heavy atom. The summed E-state index contributed by atoms with van der Waals surface area (Å²) in [6.07, 6.45) is 4.08. The van der Waals surface area contributed by atoms with Crippen LogP contribution in [0, 0.1) is 12.8 Å². The van der Waals surface area contributed by atoms with Gasteiger partial charge in [-0.15, -0.1) is 22.7 Å². The molecule has 0 saturated heterocycles. The third-order valence-electron chi connectivity index (χ3n) is 4.59. The number of thiazole rings is 1. The summed E-state index contributed by atoms with van der Waals surface area (Å²) in [4.78, 5) is 19.3. The number of aryl methyl sites for hydroxylation is 2. The third-order valence-corrected chi connectivity index (χ3v) is 6.89. The van der Waals surface area contributed by atoms with E-state index in [1.807, 2.05) is 13.8 Å². The molecule has 0 aliphatic heterocycles. The summed E-state index contributed by atoms with van der Waals surface area (Å²) in [7, 11) is 1.40. The molecular weight excluding hydrogens is 386 g/mol. The molecule has 0 bridgehead atoms. The molecule has 1 unspecified atom stereocenters. The van der Waals surface area contributed by atoms with Crippen molar-refractivity contribution in [3.8, 4) is 0 Å². The van der Waals surface area contributed by atoms with Crippen molar-refractivity contribution in [2.75, 3.05) is 17.7 Å². The Labute approximate surface area is 167 Å². The molecule has 0 aromatic carbocycles. The Kier molecular flexibility index (Phi) is 5.94. The Morgan fingerprint density at radius 3 is 2.85 bits per heavy atom. The summed E-state index contributed by atoms with van der Waals surface area (Å²) in [5.74, 6) is 0.375. The molecule has 5 nitrogen and oxygen atoms in total. The largest absolute Gasteiger partial charge is 0.465 e. The minimum atomic E-state index is -0.338. The lowest BCUT2D eigenvalue weighted by Gasteiger charge is -2.15. The Morgan fingerprint density at radius 1 is 1.38 bits per heavy atom. The number of methoxy groups -OCH3 is 1. The average molecular weight is 410 g/mol. The lowest BCUT2D eigenvalue weighted by atomic mass is 9.93. The molecule has 3 rings (SSSR count). The van der Waals surface area contributed by atoms with E-state index in [1.54, 1.807) is 11.3 Å². The van der Waals surface area contributed by atoms with Crippen LogP contribution in [0.25, 0.3) is 0 Å². The molecule has 8 heteroatoms. The summed E-state index contributed by atoms with van der Waals surface area (Å²) >= 11 is 8.64. The maximum atomic E-state index is 12.2.